The predicted octanol–water partition coefficient (Wildman–Crippen LogP) is 2.56. The van der Waals surface area contributed by atoms with Gasteiger partial charge in [0.2, 0.25) is 5.91 Å². The molecule has 1 aliphatic heterocycles. The van der Waals surface area contributed by atoms with E-state index in [1.165, 1.54) is 4.90 Å². The Balaban J connectivity index is 2.61. The van der Waals surface area contributed by atoms with Crippen molar-refractivity contribution in [1.82, 2.24) is 9.80 Å². The van der Waals surface area contributed by atoms with E-state index < -0.39 is 25.1 Å². The number of carboxylic acid groups (broad SMARTS) is 1. The predicted molar refractivity (Wildman–Crippen MR) is 91.4 cm³/mol. The Labute approximate surface area is 148 Å². The Morgan fingerprint density at radius 2 is 1.64 bits per heavy atom. The zero-order valence-corrected chi connectivity index (χ0v) is 16.7. The third-order valence-electron chi connectivity index (χ3n) is 2.97. The van der Waals surface area contributed by atoms with Crippen LogP contribution in [0.3, 0.4) is 0 Å². The van der Waals surface area contributed by atoms with E-state index in [0.29, 0.717) is 0 Å². The molecule has 0 aliphatic carbocycles. The number of amides is 2. The summed E-state index contributed by atoms with van der Waals surface area (Å²) in [5.74, 6) is -0.319. The van der Waals surface area contributed by atoms with E-state index in [1.807, 2.05) is 0 Å². The molecule has 0 spiro atoms. The molecular weight excluding hydrogens is 351 g/mol. The lowest BCUT2D eigenvalue weighted by molar-refractivity contribution is -0.135. The highest BCUT2D eigenvalue weighted by atomic mass is 31.2. The van der Waals surface area contributed by atoms with Gasteiger partial charge in [-0.25, -0.2) is 9.36 Å². The van der Waals surface area contributed by atoms with Gasteiger partial charge in [-0.2, -0.15) is 0 Å². The van der Waals surface area contributed by atoms with Gasteiger partial charge in [-0.15, -0.1) is 0 Å². The van der Waals surface area contributed by atoms with E-state index in [1.54, 1.807) is 41.5 Å². The standard InChI is InChI=1S/C15H29N2O7P/c1-14(2,3)23-25(21,24-15(4,5)6)22-10-9-16-7-8-17(13(19)20)11-12(16)18/h7-11H2,1-6H3,(H,19,20). The lowest BCUT2D eigenvalue weighted by Crippen LogP contribution is -2.52. The molecule has 0 radical (unpaired) electrons. The number of hydrogen-bond donors (Lipinski definition) is 1. The molecule has 0 aromatic heterocycles. The van der Waals surface area contributed by atoms with Crippen LogP contribution in [0.5, 0.6) is 0 Å². The normalized spacial score (nSPS) is 17.1. The zero-order chi connectivity index (χ0) is 19.5. The molecule has 1 saturated heterocycles. The van der Waals surface area contributed by atoms with E-state index in [4.69, 9.17) is 18.7 Å². The Kier molecular flexibility index (Phi) is 7.03. The third kappa shape index (κ3) is 8.18. The number of carbonyl (C=O) groups excluding carboxylic acids is 1. The van der Waals surface area contributed by atoms with E-state index in [-0.39, 0.29) is 38.7 Å². The Bertz CT molecular complexity index is 519. The summed E-state index contributed by atoms with van der Waals surface area (Å²) in [5, 5.41) is 8.90. The lowest BCUT2D eigenvalue weighted by atomic mass is 10.2. The largest absolute Gasteiger partial charge is 0.475 e. The summed E-state index contributed by atoms with van der Waals surface area (Å²) in [5.41, 5.74) is -1.46. The monoisotopic (exact) mass is 380 g/mol. The van der Waals surface area contributed by atoms with Crippen LogP contribution in [0.1, 0.15) is 41.5 Å². The fourth-order valence-corrected chi connectivity index (χ4v) is 3.90. The van der Waals surface area contributed by atoms with Crippen LogP contribution in [0.15, 0.2) is 0 Å². The van der Waals surface area contributed by atoms with Crippen LogP contribution in [0, 0.1) is 0 Å². The lowest BCUT2D eigenvalue weighted by Gasteiger charge is -2.34. The maximum Gasteiger partial charge on any atom is 0.475 e. The topological polar surface area (TPSA) is 106 Å². The van der Waals surface area contributed by atoms with Crippen LogP contribution in [0.25, 0.3) is 0 Å². The molecule has 1 heterocycles. The molecular formula is C15H29N2O7P. The first-order valence-electron chi connectivity index (χ1n) is 8.12. The van der Waals surface area contributed by atoms with Crippen LogP contribution in [0.2, 0.25) is 0 Å². The molecule has 0 saturated carbocycles. The van der Waals surface area contributed by atoms with Gasteiger partial charge >= 0.3 is 13.9 Å². The van der Waals surface area contributed by atoms with Crippen molar-refractivity contribution in [3.8, 4) is 0 Å². The molecule has 0 bridgehead atoms. The minimum atomic E-state index is -3.82. The van der Waals surface area contributed by atoms with Gasteiger partial charge in [0.05, 0.1) is 17.8 Å². The molecule has 1 N–H and O–H groups in total. The van der Waals surface area contributed by atoms with Crippen molar-refractivity contribution >= 4 is 19.8 Å². The highest BCUT2D eigenvalue weighted by Crippen LogP contribution is 2.55. The molecule has 1 fully saturated rings. The average Bonchev–Trinajstić information content (AvgIpc) is 2.35. The number of rotatable bonds is 6. The Morgan fingerprint density at radius 3 is 2.04 bits per heavy atom. The van der Waals surface area contributed by atoms with Gasteiger partial charge in [-0.05, 0) is 41.5 Å². The number of phosphoric ester groups is 1. The van der Waals surface area contributed by atoms with Gasteiger partial charge in [-0.3, -0.25) is 23.3 Å². The van der Waals surface area contributed by atoms with Crippen LogP contribution >= 0.6 is 7.82 Å². The van der Waals surface area contributed by atoms with E-state index >= 15 is 0 Å². The van der Waals surface area contributed by atoms with Gasteiger partial charge in [-0.1, -0.05) is 0 Å². The molecule has 2 amide bonds. The van der Waals surface area contributed by atoms with Crippen molar-refractivity contribution in [1.29, 1.82) is 0 Å². The van der Waals surface area contributed by atoms with Crippen molar-refractivity contribution in [2.24, 2.45) is 0 Å². The van der Waals surface area contributed by atoms with Gasteiger partial charge < -0.3 is 10.0 Å². The fourth-order valence-electron chi connectivity index (χ4n) is 2.11. The van der Waals surface area contributed by atoms with Crippen molar-refractivity contribution in [3.05, 3.63) is 0 Å². The average molecular weight is 380 g/mol. The first-order valence-corrected chi connectivity index (χ1v) is 9.59. The van der Waals surface area contributed by atoms with Crippen LogP contribution in [-0.4, -0.2) is 70.9 Å². The Hall–Kier alpha value is -1.15. The molecule has 10 heteroatoms. The summed E-state index contributed by atoms with van der Waals surface area (Å²) in [6.45, 7) is 10.9. The van der Waals surface area contributed by atoms with Crippen LogP contribution in [0.4, 0.5) is 4.79 Å². The van der Waals surface area contributed by atoms with E-state index in [0.717, 1.165) is 4.90 Å². The number of phosphoric acid groups is 1. The second-order valence-electron chi connectivity index (χ2n) is 7.77. The number of piperazine rings is 1. The minimum absolute atomic E-state index is 0.0394. The van der Waals surface area contributed by atoms with E-state index in [9.17, 15) is 14.2 Å². The summed E-state index contributed by atoms with van der Waals surface area (Å²) in [6.07, 6.45) is -1.12. The summed E-state index contributed by atoms with van der Waals surface area (Å²) in [6, 6.07) is 0. The highest BCUT2D eigenvalue weighted by molar-refractivity contribution is 7.48. The first kappa shape index (κ1) is 21.9. The van der Waals surface area contributed by atoms with Crippen molar-refractivity contribution in [2.75, 3.05) is 32.8 Å². The maximum absolute atomic E-state index is 12.9. The molecule has 1 aliphatic rings. The molecule has 0 aromatic carbocycles. The van der Waals surface area contributed by atoms with Crippen molar-refractivity contribution in [2.45, 2.75) is 52.7 Å². The van der Waals surface area contributed by atoms with Gasteiger partial charge in [0, 0.05) is 19.6 Å². The molecule has 9 nitrogen and oxygen atoms in total. The fraction of sp³-hybridized carbons (Fsp3) is 0.867. The second-order valence-corrected chi connectivity index (χ2v) is 9.29. The van der Waals surface area contributed by atoms with Crippen LogP contribution in [-0.2, 0) is 22.9 Å². The minimum Gasteiger partial charge on any atom is -0.465 e. The summed E-state index contributed by atoms with van der Waals surface area (Å²) in [7, 11) is -3.82. The SMILES string of the molecule is CC(C)(C)OP(=O)(OCCN1CCN(C(=O)O)CC1=O)OC(C)(C)C. The zero-order valence-electron chi connectivity index (χ0n) is 15.8. The van der Waals surface area contributed by atoms with Crippen LogP contribution < -0.4 is 0 Å². The molecule has 25 heavy (non-hydrogen) atoms. The number of hydrogen-bond acceptors (Lipinski definition) is 6. The van der Waals surface area contributed by atoms with Crippen molar-refractivity contribution < 1.29 is 32.8 Å². The van der Waals surface area contributed by atoms with Gasteiger partial charge in [0.1, 0.15) is 6.54 Å². The summed E-state index contributed by atoms with van der Waals surface area (Å²) in [4.78, 5) is 25.4. The molecule has 0 aromatic rings. The quantitative estimate of drug-likeness (QED) is 0.706. The Morgan fingerprint density at radius 1 is 1.12 bits per heavy atom. The van der Waals surface area contributed by atoms with Gasteiger partial charge in [0.15, 0.2) is 0 Å². The molecule has 0 atom stereocenters. The molecule has 1 rings (SSSR count). The second kappa shape index (κ2) is 8.03. The number of nitrogens with zero attached hydrogens (tertiary/aromatic N) is 2. The first-order chi connectivity index (χ1) is 11.2. The van der Waals surface area contributed by atoms with E-state index in [2.05, 4.69) is 0 Å². The molecule has 146 valence electrons. The highest BCUT2D eigenvalue weighted by Gasteiger charge is 2.37. The summed E-state index contributed by atoms with van der Waals surface area (Å²) < 4.78 is 29.2. The summed E-state index contributed by atoms with van der Waals surface area (Å²) >= 11 is 0. The molecule has 0 unspecified atom stereocenters. The third-order valence-corrected chi connectivity index (χ3v) is 5.01. The number of carbonyl (C=O) groups is 2. The van der Waals surface area contributed by atoms with Crippen molar-refractivity contribution in [3.63, 3.8) is 0 Å². The van der Waals surface area contributed by atoms with Gasteiger partial charge in [0.25, 0.3) is 0 Å². The maximum atomic E-state index is 12.9. The smallest absolute Gasteiger partial charge is 0.465 e.